The smallest absolute Gasteiger partial charge is 0.362 e. The minimum Gasteiger partial charge on any atom is -0.486 e. The Balaban J connectivity index is 2.02. The lowest BCUT2D eigenvalue weighted by Gasteiger charge is -2.13. The molecule has 3 aromatic rings. The Kier molecular flexibility index (Phi) is 5.66. The summed E-state index contributed by atoms with van der Waals surface area (Å²) in [6.45, 7) is 3.98. The first-order valence-electron chi connectivity index (χ1n) is 8.64. The van der Waals surface area contributed by atoms with Crippen LogP contribution in [0.4, 0.5) is 0 Å². The summed E-state index contributed by atoms with van der Waals surface area (Å²) in [5, 5.41) is 4.24. The highest BCUT2D eigenvalue weighted by atomic mass is 16.5. The first kappa shape index (κ1) is 18.4. The van der Waals surface area contributed by atoms with Crippen LogP contribution in [0.15, 0.2) is 65.5 Å². The van der Waals surface area contributed by atoms with E-state index in [1.54, 1.807) is 19.1 Å². The fourth-order valence-corrected chi connectivity index (χ4v) is 2.60. The number of benzene rings is 2. The van der Waals surface area contributed by atoms with Gasteiger partial charge >= 0.3 is 5.97 Å². The number of aromatic nitrogens is 2. The molecule has 0 aliphatic heterocycles. The molecule has 0 saturated carbocycles. The van der Waals surface area contributed by atoms with E-state index in [4.69, 9.17) is 9.47 Å². The van der Waals surface area contributed by atoms with Crippen LogP contribution in [0.2, 0.25) is 0 Å². The third kappa shape index (κ3) is 4.23. The van der Waals surface area contributed by atoms with Gasteiger partial charge in [0.2, 0.25) is 5.69 Å². The molecule has 1 heterocycles. The molecule has 6 heteroatoms. The molecule has 0 spiro atoms. The molecule has 138 valence electrons. The zero-order chi connectivity index (χ0) is 19.2. The number of nitrogens with zero attached hydrogens (tertiary/aromatic N) is 2. The molecule has 0 saturated heterocycles. The molecule has 0 fully saturated rings. The van der Waals surface area contributed by atoms with Gasteiger partial charge in [-0.05, 0) is 31.0 Å². The van der Waals surface area contributed by atoms with Crippen molar-refractivity contribution in [2.45, 2.75) is 20.5 Å². The van der Waals surface area contributed by atoms with Gasteiger partial charge in [0, 0.05) is 0 Å². The zero-order valence-electron chi connectivity index (χ0n) is 15.2. The van der Waals surface area contributed by atoms with Crippen LogP contribution in [-0.2, 0) is 11.3 Å². The molecular weight excluding hydrogens is 344 g/mol. The van der Waals surface area contributed by atoms with E-state index >= 15 is 0 Å². The molecular formula is C21H20N2O4. The molecule has 0 N–H and O–H groups in total. The summed E-state index contributed by atoms with van der Waals surface area (Å²) in [7, 11) is 0. The van der Waals surface area contributed by atoms with Gasteiger partial charge in [-0.3, -0.25) is 4.79 Å². The van der Waals surface area contributed by atoms with E-state index in [0.29, 0.717) is 5.69 Å². The van der Waals surface area contributed by atoms with Crippen LogP contribution >= 0.6 is 0 Å². The predicted octanol–water partition coefficient (Wildman–Crippen LogP) is 3.30. The van der Waals surface area contributed by atoms with E-state index in [1.165, 1.54) is 10.7 Å². The molecule has 0 unspecified atom stereocenters. The number of rotatable bonds is 6. The number of carbonyl (C=O) groups is 1. The van der Waals surface area contributed by atoms with Gasteiger partial charge in [0.25, 0.3) is 5.56 Å². The summed E-state index contributed by atoms with van der Waals surface area (Å²) in [6.07, 6.45) is 0. The Morgan fingerprint density at radius 3 is 2.48 bits per heavy atom. The molecule has 3 rings (SSSR count). The molecule has 0 aliphatic carbocycles. The van der Waals surface area contributed by atoms with Gasteiger partial charge in [0.15, 0.2) is 5.75 Å². The Morgan fingerprint density at radius 2 is 1.78 bits per heavy atom. The summed E-state index contributed by atoms with van der Waals surface area (Å²) in [5.74, 6) is -0.532. The van der Waals surface area contributed by atoms with E-state index in [-0.39, 0.29) is 30.2 Å². The van der Waals surface area contributed by atoms with Crippen molar-refractivity contribution in [2.24, 2.45) is 0 Å². The van der Waals surface area contributed by atoms with Crippen molar-refractivity contribution in [2.75, 3.05) is 6.61 Å². The van der Waals surface area contributed by atoms with E-state index < -0.39 is 5.97 Å². The Labute approximate surface area is 157 Å². The monoisotopic (exact) mass is 364 g/mol. The number of hydrogen-bond acceptors (Lipinski definition) is 5. The van der Waals surface area contributed by atoms with Crippen molar-refractivity contribution in [1.82, 2.24) is 9.78 Å². The van der Waals surface area contributed by atoms with Gasteiger partial charge in [0.05, 0.1) is 18.4 Å². The molecule has 1 aromatic heterocycles. The second kappa shape index (κ2) is 8.31. The molecule has 6 nitrogen and oxygen atoms in total. The summed E-state index contributed by atoms with van der Waals surface area (Å²) in [6, 6.07) is 18.0. The van der Waals surface area contributed by atoms with Crippen LogP contribution in [0.3, 0.4) is 0 Å². The maximum Gasteiger partial charge on any atom is 0.362 e. The van der Waals surface area contributed by atoms with E-state index in [9.17, 15) is 9.59 Å². The van der Waals surface area contributed by atoms with Crippen molar-refractivity contribution in [3.8, 4) is 11.4 Å². The highest BCUT2D eigenvalue weighted by molar-refractivity contribution is 5.90. The van der Waals surface area contributed by atoms with Gasteiger partial charge in [-0.15, -0.1) is 0 Å². The van der Waals surface area contributed by atoms with Gasteiger partial charge < -0.3 is 9.47 Å². The van der Waals surface area contributed by atoms with Crippen LogP contribution in [0, 0.1) is 6.92 Å². The fraction of sp³-hybridized carbons (Fsp3) is 0.190. The van der Waals surface area contributed by atoms with Crippen LogP contribution in [0.5, 0.6) is 5.75 Å². The highest BCUT2D eigenvalue weighted by Gasteiger charge is 2.20. The number of para-hydroxylation sites is 1. The zero-order valence-corrected chi connectivity index (χ0v) is 15.2. The molecule has 0 amide bonds. The first-order chi connectivity index (χ1) is 13.1. The van der Waals surface area contributed by atoms with Crippen molar-refractivity contribution in [3.05, 3.63) is 87.8 Å². The van der Waals surface area contributed by atoms with Crippen LogP contribution < -0.4 is 10.3 Å². The van der Waals surface area contributed by atoms with Crippen molar-refractivity contribution >= 4 is 5.97 Å². The van der Waals surface area contributed by atoms with Crippen LogP contribution in [0.1, 0.15) is 28.5 Å². The number of carbonyl (C=O) groups excluding carboxylic acids is 1. The fourth-order valence-electron chi connectivity index (χ4n) is 2.60. The van der Waals surface area contributed by atoms with E-state index in [0.717, 1.165) is 11.1 Å². The van der Waals surface area contributed by atoms with Gasteiger partial charge in [-0.25, -0.2) is 4.79 Å². The summed E-state index contributed by atoms with van der Waals surface area (Å²) < 4.78 is 12.0. The SMILES string of the molecule is CCOC(=O)c1nn(-c2ccccc2C)c(=O)cc1OCc1ccccc1. The minimum absolute atomic E-state index is 0.0318. The topological polar surface area (TPSA) is 70.4 Å². The number of hydrogen-bond donors (Lipinski definition) is 0. The summed E-state index contributed by atoms with van der Waals surface area (Å²) in [5.41, 5.74) is 1.95. The lowest BCUT2D eigenvalue weighted by molar-refractivity contribution is 0.0511. The number of aryl methyl sites for hydroxylation is 1. The maximum absolute atomic E-state index is 12.6. The second-order valence-electron chi connectivity index (χ2n) is 5.89. The summed E-state index contributed by atoms with van der Waals surface area (Å²) >= 11 is 0. The average Bonchev–Trinajstić information content (AvgIpc) is 2.68. The second-order valence-corrected chi connectivity index (χ2v) is 5.89. The lowest BCUT2D eigenvalue weighted by atomic mass is 10.2. The first-order valence-corrected chi connectivity index (χ1v) is 8.64. The quantitative estimate of drug-likeness (QED) is 0.628. The Bertz CT molecular complexity index is 997. The normalized spacial score (nSPS) is 10.4. The highest BCUT2D eigenvalue weighted by Crippen LogP contribution is 2.19. The minimum atomic E-state index is -0.636. The number of ether oxygens (including phenoxy) is 2. The third-order valence-electron chi connectivity index (χ3n) is 3.95. The molecule has 27 heavy (non-hydrogen) atoms. The molecule has 0 bridgehead atoms. The van der Waals surface area contributed by atoms with Gasteiger partial charge in [-0.1, -0.05) is 48.5 Å². The lowest BCUT2D eigenvalue weighted by Crippen LogP contribution is -2.25. The summed E-state index contributed by atoms with van der Waals surface area (Å²) in [4.78, 5) is 25.0. The van der Waals surface area contributed by atoms with Gasteiger partial charge in [-0.2, -0.15) is 9.78 Å². The molecule has 0 atom stereocenters. The van der Waals surface area contributed by atoms with Crippen molar-refractivity contribution in [1.29, 1.82) is 0 Å². The molecule has 0 aliphatic rings. The Morgan fingerprint density at radius 1 is 1.07 bits per heavy atom. The number of esters is 1. The molecule has 2 aromatic carbocycles. The Hall–Kier alpha value is -3.41. The molecule has 0 radical (unpaired) electrons. The van der Waals surface area contributed by atoms with Crippen molar-refractivity contribution < 1.29 is 14.3 Å². The largest absolute Gasteiger partial charge is 0.486 e. The predicted molar refractivity (Wildman–Crippen MR) is 101 cm³/mol. The van der Waals surface area contributed by atoms with Gasteiger partial charge in [0.1, 0.15) is 6.61 Å². The standard InChI is InChI=1S/C21H20N2O4/c1-3-26-21(25)20-18(27-14-16-10-5-4-6-11-16)13-19(24)23(22-20)17-12-8-7-9-15(17)2/h4-13H,3,14H2,1-2H3. The average molecular weight is 364 g/mol. The van der Waals surface area contributed by atoms with Crippen LogP contribution in [0.25, 0.3) is 5.69 Å². The maximum atomic E-state index is 12.6. The third-order valence-corrected chi connectivity index (χ3v) is 3.95. The van der Waals surface area contributed by atoms with E-state index in [1.807, 2.05) is 49.4 Å². The van der Waals surface area contributed by atoms with E-state index in [2.05, 4.69) is 5.10 Å². The van der Waals surface area contributed by atoms with Crippen molar-refractivity contribution in [3.63, 3.8) is 0 Å². The van der Waals surface area contributed by atoms with Crippen LogP contribution in [-0.4, -0.2) is 22.4 Å².